The molecular formula is C27H19F7. The molecule has 3 aromatic carbocycles. The Bertz CT molecular complexity index is 1320. The summed E-state index contributed by atoms with van der Waals surface area (Å²) in [6.07, 6.45) is 6.03. The van der Waals surface area contributed by atoms with Crippen molar-refractivity contribution in [3.05, 3.63) is 93.8 Å². The summed E-state index contributed by atoms with van der Waals surface area (Å²) in [5.41, 5.74) is -1.61. The molecule has 0 spiro atoms. The van der Waals surface area contributed by atoms with E-state index in [0.29, 0.717) is 25.7 Å². The molecule has 0 atom stereocenters. The largest absolute Gasteiger partial charge is 0.204 e. The van der Waals surface area contributed by atoms with E-state index < -0.39 is 57.8 Å². The van der Waals surface area contributed by atoms with Crippen molar-refractivity contribution in [2.75, 3.05) is 0 Å². The fourth-order valence-electron chi connectivity index (χ4n) is 4.51. The molecule has 1 fully saturated rings. The van der Waals surface area contributed by atoms with Gasteiger partial charge in [-0.25, -0.2) is 30.7 Å². The summed E-state index contributed by atoms with van der Waals surface area (Å²) in [4.78, 5) is 0. The number of hydrogen-bond acceptors (Lipinski definition) is 0. The van der Waals surface area contributed by atoms with Crippen LogP contribution >= 0.6 is 0 Å². The third-order valence-corrected chi connectivity index (χ3v) is 6.25. The van der Waals surface area contributed by atoms with Crippen LogP contribution in [0.5, 0.6) is 0 Å². The minimum Gasteiger partial charge on any atom is -0.204 e. The van der Waals surface area contributed by atoms with Crippen molar-refractivity contribution in [2.24, 2.45) is 5.92 Å². The van der Waals surface area contributed by atoms with E-state index in [-0.39, 0.29) is 22.3 Å². The molecule has 7 heteroatoms. The molecule has 0 aromatic heterocycles. The molecule has 0 bridgehead atoms. The summed E-state index contributed by atoms with van der Waals surface area (Å²) in [5.74, 6) is -6.45. The molecule has 1 saturated carbocycles. The maximum absolute atomic E-state index is 14.8. The first-order valence-electron chi connectivity index (χ1n) is 10.8. The second-order valence-corrected chi connectivity index (χ2v) is 8.35. The average molecular weight is 476 g/mol. The van der Waals surface area contributed by atoms with E-state index in [4.69, 9.17) is 0 Å². The van der Waals surface area contributed by atoms with Gasteiger partial charge >= 0.3 is 0 Å². The molecule has 176 valence electrons. The highest BCUT2D eigenvalue weighted by molar-refractivity contribution is 5.84. The summed E-state index contributed by atoms with van der Waals surface area (Å²) in [6, 6.07) is 4.27. The molecule has 0 amide bonds. The Morgan fingerprint density at radius 2 is 1.38 bits per heavy atom. The van der Waals surface area contributed by atoms with Gasteiger partial charge in [0.25, 0.3) is 0 Å². The van der Waals surface area contributed by atoms with Gasteiger partial charge in [0.1, 0.15) is 5.56 Å². The van der Waals surface area contributed by atoms with Gasteiger partial charge in [0.2, 0.25) is 0 Å². The number of hydrogen-bond donors (Lipinski definition) is 0. The van der Waals surface area contributed by atoms with Crippen molar-refractivity contribution in [3.63, 3.8) is 0 Å². The van der Waals surface area contributed by atoms with Crippen LogP contribution in [0, 0.1) is 58.5 Å². The Hall–Kier alpha value is -3.27. The first-order chi connectivity index (χ1) is 16.2. The highest BCUT2D eigenvalue weighted by atomic mass is 19.2. The lowest BCUT2D eigenvalue weighted by atomic mass is 9.78. The molecule has 34 heavy (non-hydrogen) atoms. The molecule has 0 nitrogen and oxygen atoms in total. The Morgan fingerprint density at radius 1 is 0.735 bits per heavy atom. The zero-order valence-corrected chi connectivity index (χ0v) is 18.1. The van der Waals surface area contributed by atoms with Crippen molar-refractivity contribution in [1.29, 1.82) is 0 Å². The monoisotopic (exact) mass is 476 g/mol. The van der Waals surface area contributed by atoms with Crippen LogP contribution in [0.1, 0.15) is 55.2 Å². The Labute approximate surface area is 192 Å². The number of fused-ring (bicyclic) bond motifs is 1. The lowest BCUT2D eigenvalue weighted by Gasteiger charge is -2.28. The van der Waals surface area contributed by atoms with E-state index in [1.54, 1.807) is 0 Å². The van der Waals surface area contributed by atoms with E-state index in [1.807, 2.05) is 19.1 Å². The maximum atomic E-state index is 14.8. The number of rotatable bonds is 2. The molecule has 0 aliphatic heterocycles. The lowest BCUT2D eigenvalue weighted by molar-refractivity contribution is 0.345. The van der Waals surface area contributed by atoms with E-state index >= 15 is 0 Å². The molecule has 4 rings (SSSR count). The van der Waals surface area contributed by atoms with Crippen LogP contribution in [0.2, 0.25) is 0 Å². The molecule has 1 aliphatic carbocycles. The van der Waals surface area contributed by atoms with Gasteiger partial charge < -0.3 is 0 Å². The lowest BCUT2D eigenvalue weighted by Crippen LogP contribution is -2.17. The second-order valence-electron chi connectivity index (χ2n) is 8.35. The zero-order valence-electron chi connectivity index (χ0n) is 18.1. The molecule has 0 radical (unpaired) electrons. The molecule has 3 aromatic rings. The van der Waals surface area contributed by atoms with Crippen LogP contribution in [0.3, 0.4) is 0 Å². The summed E-state index contributed by atoms with van der Waals surface area (Å²) in [6.45, 7) is 1.88. The Morgan fingerprint density at radius 3 is 2.00 bits per heavy atom. The van der Waals surface area contributed by atoms with Gasteiger partial charge in [-0.05, 0) is 68.0 Å². The fraction of sp³-hybridized carbons (Fsp3) is 0.259. The quantitative estimate of drug-likeness (QED) is 0.115. The summed E-state index contributed by atoms with van der Waals surface area (Å²) in [7, 11) is 0. The van der Waals surface area contributed by atoms with Crippen LogP contribution in [-0.4, -0.2) is 0 Å². The molecule has 0 heterocycles. The zero-order chi connectivity index (χ0) is 24.6. The Balaban J connectivity index is 1.69. The highest BCUT2D eigenvalue weighted by Crippen LogP contribution is 2.40. The number of benzene rings is 3. The minimum absolute atomic E-state index is 0.0367. The van der Waals surface area contributed by atoms with Crippen LogP contribution < -0.4 is 0 Å². The van der Waals surface area contributed by atoms with Crippen LogP contribution in [-0.2, 0) is 0 Å². The van der Waals surface area contributed by atoms with Crippen molar-refractivity contribution >= 4 is 10.8 Å². The molecule has 0 saturated heterocycles. The third kappa shape index (κ3) is 4.29. The van der Waals surface area contributed by atoms with Crippen LogP contribution in [0.4, 0.5) is 30.7 Å². The Kier molecular flexibility index (Phi) is 6.70. The second kappa shape index (κ2) is 9.54. The normalized spacial score (nSPS) is 18.4. The van der Waals surface area contributed by atoms with Gasteiger partial charge in [-0.15, -0.1) is 0 Å². The van der Waals surface area contributed by atoms with Gasteiger partial charge in [0.15, 0.2) is 40.7 Å². The van der Waals surface area contributed by atoms with Crippen molar-refractivity contribution < 1.29 is 30.7 Å². The first-order valence-corrected chi connectivity index (χ1v) is 10.8. The van der Waals surface area contributed by atoms with Crippen molar-refractivity contribution in [2.45, 2.75) is 38.5 Å². The molecule has 0 N–H and O–H groups in total. The minimum atomic E-state index is -1.63. The predicted octanol–water partition coefficient (Wildman–Crippen LogP) is 8.06. The maximum Gasteiger partial charge on any atom is 0.195 e. The van der Waals surface area contributed by atoms with E-state index in [9.17, 15) is 30.7 Å². The summed E-state index contributed by atoms with van der Waals surface area (Å²) in [5, 5.41) is -0.252. The molecule has 1 aliphatic rings. The average Bonchev–Trinajstić information content (AvgIpc) is 2.82. The van der Waals surface area contributed by atoms with Crippen molar-refractivity contribution in [3.8, 4) is 11.8 Å². The van der Waals surface area contributed by atoms with Gasteiger partial charge in [-0.3, -0.25) is 0 Å². The third-order valence-electron chi connectivity index (χ3n) is 6.25. The fourth-order valence-corrected chi connectivity index (χ4v) is 4.51. The van der Waals surface area contributed by atoms with Gasteiger partial charge in [-0.1, -0.05) is 30.1 Å². The smallest absolute Gasteiger partial charge is 0.195 e. The van der Waals surface area contributed by atoms with Gasteiger partial charge in [0.05, 0.1) is 0 Å². The van der Waals surface area contributed by atoms with E-state index in [0.717, 1.165) is 12.1 Å². The van der Waals surface area contributed by atoms with Crippen LogP contribution in [0.25, 0.3) is 10.8 Å². The molecular weight excluding hydrogens is 457 g/mol. The van der Waals surface area contributed by atoms with Crippen LogP contribution in [0.15, 0.2) is 36.4 Å². The van der Waals surface area contributed by atoms with Gasteiger partial charge in [0, 0.05) is 16.5 Å². The summed E-state index contributed by atoms with van der Waals surface area (Å²) < 4.78 is 99.8. The van der Waals surface area contributed by atoms with E-state index in [2.05, 4.69) is 11.8 Å². The molecule has 0 unspecified atom stereocenters. The number of allylic oxidation sites excluding steroid dienone is 2. The first kappa shape index (κ1) is 23.9. The van der Waals surface area contributed by atoms with E-state index in [1.165, 1.54) is 12.1 Å². The number of halogens is 7. The predicted molar refractivity (Wildman–Crippen MR) is 116 cm³/mol. The highest BCUT2D eigenvalue weighted by Gasteiger charge is 2.31. The topological polar surface area (TPSA) is 0 Å². The standard InChI is InChI=1S/C27H19F7/c1-2-3-14-4-8-16(9-5-14)21-26(33)23(30)19(24(31)27(21)34)11-7-15-6-10-18-17(12-15)13-20(28)25(32)22(18)29/h2-3,6,10,12-14,16H,4-5,8-9H2,1H3/b3-2+. The SMILES string of the molecule is C/C=C/C1CCC(c2c(F)c(F)c(C#Cc3ccc4c(F)c(F)c(F)cc4c3)c(F)c2F)CC1. The van der Waals surface area contributed by atoms with Crippen molar-refractivity contribution in [1.82, 2.24) is 0 Å². The van der Waals surface area contributed by atoms with Gasteiger partial charge in [-0.2, -0.15) is 0 Å². The summed E-state index contributed by atoms with van der Waals surface area (Å²) >= 11 is 0.